The summed E-state index contributed by atoms with van der Waals surface area (Å²) in [5.74, 6) is -0.262. The highest BCUT2D eigenvalue weighted by Crippen LogP contribution is 2.28. The van der Waals surface area contributed by atoms with Crippen molar-refractivity contribution in [2.45, 2.75) is 36.4 Å². The minimum Gasteiger partial charge on any atom is -0.346 e. The van der Waals surface area contributed by atoms with Gasteiger partial charge in [0.2, 0.25) is 10.0 Å². The fraction of sp³-hybridized carbons (Fsp3) is 0.263. The minimum absolute atomic E-state index is 0.0815. The highest BCUT2D eigenvalue weighted by molar-refractivity contribution is 9.10. The highest BCUT2D eigenvalue weighted by atomic mass is 79.9. The second-order valence-corrected chi connectivity index (χ2v) is 10.7. The number of aromatic nitrogens is 2. The van der Waals surface area contributed by atoms with Crippen LogP contribution in [0.25, 0.3) is 5.69 Å². The fourth-order valence-corrected chi connectivity index (χ4v) is 5.57. The Bertz CT molecular complexity index is 1180. The molecule has 1 amide bonds. The van der Waals surface area contributed by atoms with Crippen molar-refractivity contribution in [2.24, 2.45) is 5.14 Å². The first-order valence-corrected chi connectivity index (χ1v) is 12.2. The SMILES string of the molecule is NS(=O)(=O)c1ccc(CNC(=O)c2nn(-c3cccc(Br)c3)c3c2CCCC3)s1. The summed E-state index contributed by atoms with van der Waals surface area (Å²) in [5.41, 5.74) is 3.41. The Hall–Kier alpha value is -2.01. The van der Waals surface area contributed by atoms with Crippen LogP contribution in [0.5, 0.6) is 0 Å². The zero-order valence-electron chi connectivity index (χ0n) is 15.4. The van der Waals surface area contributed by atoms with Gasteiger partial charge in [-0.25, -0.2) is 18.2 Å². The van der Waals surface area contributed by atoms with E-state index in [1.807, 2.05) is 28.9 Å². The number of fused-ring (bicyclic) bond motifs is 1. The van der Waals surface area contributed by atoms with Crippen molar-refractivity contribution in [3.05, 3.63) is 62.7 Å². The Kier molecular flexibility index (Phi) is 5.60. The number of benzene rings is 1. The lowest BCUT2D eigenvalue weighted by Gasteiger charge is -2.14. The van der Waals surface area contributed by atoms with E-state index in [1.165, 1.54) is 6.07 Å². The second kappa shape index (κ2) is 8.02. The van der Waals surface area contributed by atoms with Crippen LogP contribution in [0.3, 0.4) is 0 Å². The molecule has 0 saturated carbocycles. The molecule has 1 aliphatic carbocycles. The van der Waals surface area contributed by atoms with E-state index >= 15 is 0 Å². The van der Waals surface area contributed by atoms with Gasteiger partial charge < -0.3 is 5.32 Å². The number of nitrogens with zero attached hydrogens (tertiary/aromatic N) is 2. The van der Waals surface area contributed by atoms with Gasteiger partial charge in [0.05, 0.1) is 12.2 Å². The van der Waals surface area contributed by atoms with Gasteiger partial charge >= 0.3 is 0 Å². The molecule has 1 aromatic carbocycles. The van der Waals surface area contributed by atoms with E-state index in [9.17, 15) is 13.2 Å². The largest absolute Gasteiger partial charge is 0.346 e. The third-order valence-electron chi connectivity index (χ3n) is 4.79. The first-order chi connectivity index (χ1) is 13.8. The van der Waals surface area contributed by atoms with Crippen molar-refractivity contribution in [2.75, 3.05) is 0 Å². The van der Waals surface area contributed by atoms with Gasteiger partial charge in [0.15, 0.2) is 5.69 Å². The summed E-state index contributed by atoms with van der Waals surface area (Å²) in [6.07, 6.45) is 3.80. The van der Waals surface area contributed by atoms with Crippen LogP contribution in [0.15, 0.2) is 45.1 Å². The molecule has 4 rings (SSSR count). The molecule has 29 heavy (non-hydrogen) atoms. The minimum atomic E-state index is -3.73. The lowest BCUT2D eigenvalue weighted by molar-refractivity contribution is 0.0945. The zero-order valence-corrected chi connectivity index (χ0v) is 18.6. The van der Waals surface area contributed by atoms with Gasteiger partial charge in [0.25, 0.3) is 5.91 Å². The Morgan fingerprint density at radius 3 is 2.76 bits per heavy atom. The van der Waals surface area contributed by atoms with Gasteiger partial charge in [-0.05, 0) is 56.0 Å². The van der Waals surface area contributed by atoms with Crippen LogP contribution in [0.4, 0.5) is 0 Å². The number of thiophene rings is 1. The monoisotopic (exact) mass is 494 g/mol. The van der Waals surface area contributed by atoms with Crippen molar-refractivity contribution in [1.82, 2.24) is 15.1 Å². The number of halogens is 1. The Morgan fingerprint density at radius 2 is 2.03 bits per heavy atom. The molecule has 3 N–H and O–H groups in total. The van der Waals surface area contributed by atoms with Crippen LogP contribution in [0.1, 0.15) is 39.5 Å². The fourth-order valence-electron chi connectivity index (χ4n) is 3.46. The maximum atomic E-state index is 12.9. The molecule has 1 aliphatic rings. The molecular weight excluding hydrogens is 476 g/mol. The third kappa shape index (κ3) is 4.30. The average Bonchev–Trinajstić information content (AvgIpc) is 3.31. The quantitative estimate of drug-likeness (QED) is 0.567. The average molecular weight is 495 g/mol. The normalized spacial score (nSPS) is 13.9. The Labute approximate surface area is 181 Å². The van der Waals surface area contributed by atoms with E-state index in [0.29, 0.717) is 10.6 Å². The molecule has 0 saturated heterocycles. The van der Waals surface area contributed by atoms with Crippen LogP contribution in [-0.2, 0) is 29.4 Å². The number of primary sulfonamides is 1. The standard InChI is InChI=1S/C19H19BrN4O3S2/c20-12-4-3-5-13(10-12)24-16-7-2-1-6-15(16)18(23-24)19(25)22-11-14-8-9-17(28-14)29(21,26)27/h3-5,8-10H,1-2,6-7,11H2,(H,22,25)(H2,21,26,27). The van der Waals surface area contributed by atoms with Gasteiger partial charge in [0.1, 0.15) is 4.21 Å². The molecule has 0 fully saturated rings. The van der Waals surface area contributed by atoms with Crippen LogP contribution in [-0.4, -0.2) is 24.1 Å². The van der Waals surface area contributed by atoms with Crippen LogP contribution < -0.4 is 10.5 Å². The smallest absolute Gasteiger partial charge is 0.272 e. The van der Waals surface area contributed by atoms with Gasteiger partial charge in [-0.15, -0.1) is 11.3 Å². The van der Waals surface area contributed by atoms with E-state index in [2.05, 4.69) is 26.3 Å². The Balaban J connectivity index is 1.59. The van der Waals surface area contributed by atoms with Gasteiger partial charge in [-0.1, -0.05) is 22.0 Å². The van der Waals surface area contributed by atoms with Crippen LogP contribution >= 0.6 is 27.3 Å². The predicted molar refractivity (Wildman–Crippen MR) is 115 cm³/mol. The van der Waals surface area contributed by atoms with E-state index in [4.69, 9.17) is 5.14 Å². The maximum absolute atomic E-state index is 12.9. The van der Waals surface area contributed by atoms with Crippen molar-refractivity contribution in [3.63, 3.8) is 0 Å². The lowest BCUT2D eigenvalue weighted by Crippen LogP contribution is -2.24. The maximum Gasteiger partial charge on any atom is 0.272 e. The van der Waals surface area contributed by atoms with Crippen molar-refractivity contribution < 1.29 is 13.2 Å². The molecule has 0 atom stereocenters. The summed E-state index contributed by atoms with van der Waals surface area (Å²) < 4.78 is 25.7. The van der Waals surface area contributed by atoms with Crippen molar-refractivity contribution in [1.29, 1.82) is 0 Å². The highest BCUT2D eigenvalue weighted by Gasteiger charge is 2.25. The number of nitrogens with two attached hydrogens (primary N) is 1. The first-order valence-electron chi connectivity index (χ1n) is 9.09. The predicted octanol–water partition coefficient (Wildman–Crippen LogP) is 3.15. The number of nitrogens with one attached hydrogen (secondary N) is 1. The molecule has 2 aromatic heterocycles. The number of rotatable bonds is 5. The van der Waals surface area contributed by atoms with E-state index < -0.39 is 10.0 Å². The molecule has 152 valence electrons. The molecule has 3 aromatic rings. The molecule has 10 heteroatoms. The first kappa shape index (κ1) is 20.3. The molecule has 0 unspecified atom stereocenters. The molecule has 0 radical (unpaired) electrons. The number of hydrogen-bond donors (Lipinski definition) is 2. The van der Waals surface area contributed by atoms with E-state index in [1.54, 1.807) is 6.07 Å². The summed E-state index contributed by atoms with van der Waals surface area (Å²) in [5, 5.41) is 12.6. The second-order valence-electron chi connectivity index (χ2n) is 6.82. The third-order valence-corrected chi connectivity index (χ3v) is 7.81. The number of amides is 1. The van der Waals surface area contributed by atoms with Gasteiger partial charge in [-0.2, -0.15) is 5.10 Å². The molecule has 0 spiro atoms. The summed E-state index contributed by atoms with van der Waals surface area (Å²) in [4.78, 5) is 13.6. The zero-order chi connectivity index (χ0) is 20.6. The number of sulfonamides is 1. The van der Waals surface area contributed by atoms with Crippen LogP contribution in [0, 0.1) is 0 Å². The molecular formula is C19H19BrN4O3S2. The van der Waals surface area contributed by atoms with E-state index in [-0.39, 0.29) is 16.7 Å². The van der Waals surface area contributed by atoms with E-state index in [0.717, 1.165) is 58.4 Å². The summed E-state index contributed by atoms with van der Waals surface area (Å²) in [6, 6.07) is 10.9. The summed E-state index contributed by atoms with van der Waals surface area (Å²) >= 11 is 4.54. The lowest BCUT2D eigenvalue weighted by atomic mass is 9.95. The number of carbonyl (C=O) groups is 1. The van der Waals surface area contributed by atoms with Crippen LogP contribution in [0.2, 0.25) is 0 Å². The van der Waals surface area contributed by atoms with Gasteiger partial charge in [0, 0.05) is 20.6 Å². The number of carbonyl (C=O) groups excluding carboxylic acids is 1. The molecule has 7 nitrogen and oxygen atoms in total. The summed E-state index contributed by atoms with van der Waals surface area (Å²) in [7, 11) is -3.73. The molecule has 0 bridgehead atoms. The topological polar surface area (TPSA) is 107 Å². The Morgan fingerprint density at radius 1 is 1.24 bits per heavy atom. The number of hydrogen-bond acceptors (Lipinski definition) is 5. The van der Waals surface area contributed by atoms with Gasteiger partial charge in [-0.3, -0.25) is 4.79 Å². The molecule has 0 aliphatic heterocycles. The van der Waals surface area contributed by atoms with Crippen molar-refractivity contribution >= 4 is 43.2 Å². The van der Waals surface area contributed by atoms with Crippen molar-refractivity contribution in [3.8, 4) is 5.69 Å². The molecule has 2 heterocycles. The summed E-state index contributed by atoms with van der Waals surface area (Å²) in [6.45, 7) is 0.220.